The van der Waals surface area contributed by atoms with Crippen molar-refractivity contribution < 1.29 is 9.15 Å². The summed E-state index contributed by atoms with van der Waals surface area (Å²) in [4.78, 5) is 8.83. The Labute approximate surface area is 194 Å². The first-order chi connectivity index (χ1) is 14.3. The number of benzene rings is 2. The molecule has 1 fully saturated rings. The van der Waals surface area contributed by atoms with Gasteiger partial charge in [0.1, 0.15) is 12.0 Å². The number of hydrogen-bond donors (Lipinski definition) is 2. The third-order valence-electron chi connectivity index (χ3n) is 4.82. The fourth-order valence-corrected chi connectivity index (χ4v) is 2.96. The molecule has 0 aliphatic heterocycles. The lowest BCUT2D eigenvalue weighted by Gasteiger charge is -2.14. The summed E-state index contributed by atoms with van der Waals surface area (Å²) in [7, 11) is 1.75. The number of nitrogens with one attached hydrogen (secondary N) is 2. The van der Waals surface area contributed by atoms with Gasteiger partial charge in [0, 0.05) is 24.7 Å². The second kappa shape index (κ2) is 11.0. The fraction of sp³-hybridized carbons (Fsp3) is 0.304. The number of guanidine groups is 1. The van der Waals surface area contributed by atoms with E-state index < -0.39 is 0 Å². The molecule has 0 radical (unpaired) electrons. The van der Waals surface area contributed by atoms with E-state index in [0.29, 0.717) is 24.9 Å². The Balaban J connectivity index is 0.00000256. The Kier molecular flexibility index (Phi) is 8.12. The number of ether oxygens (including phenoxy) is 1. The number of para-hydroxylation sites is 1. The van der Waals surface area contributed by atoms with Gasteiger partial charge in [-0.05, 0) is 37.0 Å². The summed E-state index contributed by atoms with van der Waals surface area (Å²) >= 11 is 0. The Morgan fingerprint density at radius 2 is 1.80 bits per heavy atom. The molecule has 2 N–H and O–H groups in total. The van der Waals surface area contributed by atoms with Crippen LogP contribution in [0.3, 0.4) is 0 Å². The molecule has 0 bridgehead atoms. The van der Waals surface area contributed by atoms with Crippen LogP contribution in [0.4, 0.5) is 0 Å². The minimum atomic E-state index is 0. The molecule has 1 heterocycles. The predicted octanol–water partition coefficient (Wildman–Crippen LogP) is 4.61. The van der Waals surface area contributed by atoms with E-state index in [1.54, 1.807) is 13.3 Å². The van der Waals surface area contributed by atoms with Gasteiger partial charge < -0.3 is 19.8 Å². The SMILES string of the molecule is CN=C(NCc1coc(-c2ccccc2)n1)NCc1ccccc1OCC1CC1.I. The zero-order valence-electron chi connectivity index (χ0n) is 17.0. The lowest BCUT2D eigenvalue weighted by molar-refractivity contribution is 0.296. The van der Waals surface area contributed by atoms with E-state index in [9.17, 15) is 0 Å². The highest BCUT2D eigenvalue weighted by molar-refractivity contribution is 14.0. The van der Waals surface area contributed by atoms with Crippen LogP contribution in [0.5, 0.6) is 5.75 Å². The van der Waals surface area contributed by atoms with Gasteiger partial charge in [-0.3, -0.25) is 4.99 Å². The molecular formula is C23H27IN4O2. The van der Waals surface area contributed by atoms with Crippen LogP contribution in [0.1, 0.15) is 24.1 Å². The average Bonchev–Trinajstić information content (AvgIpc) is 3.49. The highest BCUT2D eigenvalue weighted by atomic mass is 127. The van der Waals surface area contributed by atoms with Crippen LogP contribution in [-0.2, 0) is 13.1 Å². The van der Waals surface area contributed by atoms with Crippen LogP contribution in [-0.4, -0.2) is 24.6 Å². The molecule has 1 aromatic heterocycles. The molecule has 1 aliphatic carbocycles. The van der Waals surface area contributed by atoms with Gasteiger partial charge in [-0.25, -0.2) is 4.98 Å². The van der Waals surface area contributed by atoms with Crippen LogP contribution in [0.15, 0.2) is 70.3 Å². The predicted molar refractivity (Wildman–Crippen MR) is 129 cm³/mol. The molecule has 7 heteroatoms. The molecule has 3 aromatic rings. The molecule has 6 nitrogen and oxygen atoms in total. The lowest BCUT2D eigenvalue weighted by Crippen LogP contribution is -2.36. The maximum absolute atomic E-state index is 5.98. The third kappa shape index (κ3) is 6.22. The Bertz CT molecular complexity index is 955. The number of nitrogens with zero attached hydrogens (tertiary/aromatic N) is 2. The smallest absolute Gasteiger partial charge is 0.226 e. The van der Waals surface area contributed by atoms with Crippen molar-refractivity contribution in [1.82, 2.24) is 15.6 Å². The van der Waals surface area contributed by atoms with Crippen LogP contribution in [0, 0.1) is 5.92 Å². The summed E-state index contributed by atoms with van der Waals surface area (Å²) in [5, 5.41) is 6.61. The third-order valence-corrected chi connectivity index (χ3v) is 4.82. The van der Waals surface area contributed by atoms with E-state index in [1.165, 1.54) is 12.8 Å². The van der Waals surface area contributed by atoms with Gasteiger partial charge in [0.25, 0.3) is 0 Å². The second-order valence-corrected chi connectivity index (χ2v) is 7.15. The van der Waals surface area contributed by atoms with Crippen molar-refractivity contribution in [3.8, 4) is 17.2 Å². The summed E-state index contributed by atoms with van der Waals surface area (Å²) < 4.78 is 11.6. The zero-order chi connectivity index (χ0) is 19.9. The van der Waals surface area contributed by atoms with Gasteiger partial charge in [0.15, 0.2) is 5.96 Å². The standard InChI is InChI=1S/C23H26N4O2.HI/c1-24-23(25-13-19-9-5-6-10-21(19)28-15-17-11-12-17)26-14-20-16-29-22(27-20)18-7-3-2-4-8-18;/h2-10,16-17H,11-15H2,1H3,(H2,24,25,26);1H. The summed E-state index contributed by atoms with van der Waals surface area (Å²) in [6.07, 6.45) is 4.24. The van der Waals surface area contributed by atoms with Crippen molar-refractivity contribution >= 4 is 29.9 Å². The minimum Gasteiger partial charge on any atom is -0.493 e. The average molecular weight is 518 g/mol. The zero-order valence-corrected chi connectivity index (χ0v) is 19.3. The summed E-state index contributed by atoms with van der Waals surface area (Å²) in [6, 6.07) is 18.0. The first-order valence-corrected chi connectivity index (χ1v) is 9.97. The van der Waals surface area contributed by atoms with E-state index >= 15 is 0 Å². The molecule has 0 atom stereocenters. The van der Waals surface area contributed by atoms with Crippen molar-refractivity contribution in [2.24, 2.45) is 10.9 Å². The van der Waals surface area contributed by atoms with Crippen LogP contribution in [0.2, 0.25) is 0 Å². The molecule has 30 heavy (non-hydrogen) atoms. The Morgan fingerprint density at radius 1 is 1.07 bits per heavy atom. The quantitative estimate of drug-likeness (QED) is 0.259. The Hall–Kier alpha value is -2.55. The van der Waals surface area contributed by atoms with Crippen molar-refractivity contribution in [2.75, 3.05) is 13.7 Å². The minimum absolute atomic E-state index is 0. The number of oxazole rings is 1. The fourth-order valence-electron chi connectivity index (χ4n) is 2.96. The van der Waals surface area contributed by atoms with Crippen molar-refractivity contribution in [1.29, 1.82) is 0 Å². The number of halogens is 1. The van der Waals surface area contributed by atoms with Crippen LogP contribution in [0.25, 0.3) is 11.5 Å². The van der Waals surface area contributed by atoms with Gasteiger partial charge in [0.2, 0.25) is 5.89 Å². The van der Waals surface area contributed by atoms with E-state index in [4.69, 9.17) is 9.15 Å². The van der Waals surface area contributed by atoms with Gasteiger partial charge in [0.05, 0.1) is 18.8 Å². The van der Waals surface area contributed by atoms with E-state index in [-0.39, 0.29) is 24.0 Å². The molecular weight excluding hydrogens is 491 g/mol. The molecule has 1 saturated carbocycles. The highest BCUT2D eigenvalue weighted by Crippen LogP contribution is 2.30. The molecule has 0 spiro atoms. The van der Waals surface area contributed by atoms with Gasteiger partial charge in [-0.2, -0.15) is 0 Å². The monoisotopic (exact) mass is 518 g/mol. The largest absolute Gasteiger partial charge is 0.493 e. The number of aromatic nitrogens is 1. The molecule has 1 aliphatic rings. The van der Waals surface area contributed by atoms with E-state index in [0.717, 1.165) is 35.1 Å². The van der Waals surface area contributed by atoms with Crippen molar-refractivity contribution in [3.05, 3.63) is 72.1 Å². The molecule has 158 valence electrons. The normalized spacial score (nSPS) is 13.4. The topological polar surface area (TPSA) is 71.7 Å². The highest BCUT2D eigenvalue weighted by Gasteiger charge is 2.22. The first-order valence-electron chi connectivity index (χ1n) is 9.97. The molecule has 0 amide bonds. The van der Waals surface area contributed by atoms with Gasteiger partial charge in [-0.1, -0.05) is 36.4 Å². The van der Waals surface area contributed by atoms with Gasteiger partial charge in [-0.15, -0.1) is 24.0 Å². The molecule has 4 rings (SSSR count). The molecule has 0 unspecified atom stereocenters. The maximum Gasteiger partial charge on any atom is 0.226 e. The van der Waals surface area contributed by atoms with Crippen LogP contribution >= 0.6 is 24.0 Å². The number of aliphatic imine (C=N–C) groups is 1. The summed E-state index contributed by atoms with van der Waals surface area (Å²) in [6.45, 7) is 1.96. The van der Waals surface area contributed by atoms with Gasteiger partial charge >= 0.3 is 0 Å². The second-order valence-electron chi connectivity index (χ2n) is 7.15. The number of rotatable bonds is 8. The van der Waals surface area contributed by atoms with E-state index in [2.05, 4.69) is 26.7 Å². The lowest BCUT2D eigenvalue weighted by atomic mass is 10.2. The summed E-state index contributed by atoms with van der Waals surface area (Å²) in [5.41, 5.74) is 2.90. The molecule has 0 saturated heterocycles. The van der Waals surface area contributed by atoms with Crippen LogP contribution < -0.4 is 15.4 Å². The van der Waals surface area contributed by atoms with Crippen molar-refractivity contribution in [2.45, 2.75) is 25.9 Å². The molecule has 2 aromatic carbocycles. The maximum atomic E-state index is 5.98. The number of hydrogen-bond acceptors (Lipinski definition) is 4. The Morgan fingerprint density at radius 3 is 2.57 bits per heavy atom. The summed E-state index contributed by atoms with van der Waals surface area (Å²) in [5.74, 6) is 2.98. The van der Waals surface area contributed by atoms with Crippen molar-refractivity contribution in [3.63, 3.8) is 0 Å². The first kappa shape index (κ1) is 22.1. The van der Waals surface area contributed by atoms with E-state index in [1.807, 2.05) is 48.5 Å².